The molecule has 0 saturated heterocycles. The maximum Gasteiger partial charge on any atom is 0.425 e. The molecule has 0 spiro atoms. The van der Waals surface area contributed by atoms with Gasteiger partial charge < -0.3 is 31.2 Å². The van der Waals surface area contributed by atoms with E-state index >= 15 is 0 Å². The molecule has 8 rings (SSSR count). The van der Waals surface area contributed by atoms with Crippen LogP contribution in [0.1, 0.15) is 81.8 Å². The molecule has 64 heavy (non-hydrogen) atoms. The van der Waals surface area contributed by atoms with Crippen LogP contribution < -0.4 is 31.2 Å². The van der Waals surface area contributed by atoms with Gasteiger partial charge in [-0.2, -0.15) is 26.3 Å². The maximum atomic E-state index is 13.1. The Labute approximate surface area is 389 Å². The summed E-state index contributed by atoms with van der Waals surface area (Å²) in [5, 5.41) is 10.7. The van der Waals surface area contributed by atoms with E-state index in [1.54, 1.807) is 93.1 Å². The van der Waals surface area contributed by atoms with Crippen molar-refractivity contribution in [3.05, 3.63) is 122 Å². The van der Waals surface area contributed by atoms with Gasteiger partial charge in [0.25, 0.3) is 11.8 Å². The van der Waals surface area contributed by atoms with Gasteiger partial charge in [-0.3, -0.25) is 9.59 Å². The average molecular weight is 1010 g/mol. The first kappa shape index (κ1) is 50.4. The number of methoxy groups -OCH3 is 2. The number of thiophene rings is 2. The molecule has 2 saturated carbocycles. The summed E-state index contributed by atoms with van der Waals surface area (Å²) < 4.78 is 88.5. The van der Waals surface area contributed by atoms with Crippen molar-refractivity contribution in [3.8, 4) is 11.5 Å². The summed E-state index contributed by atoms with van der Waals surface area (Å²) in [4.78, 5) is 23.4. The van der Waals surface area contributed by atoms with E-state index in [0.717, 1.165) is 73.4 Å². The van der Waals surface area contributed by atoms with Crippen LogP contribution in [0, 0.1) is 0 Å². The molecule has 6 aromatic rings. The lowest BCUT2D eigenvalue weighted by Crippen LogP contribution is -2.42. The molecule has 0 radical (unpaired) electrons. The summed E-state index contributed by atoms with van der Waals surface area (Å²) in [6, 6.07) is 27.4. The van der Waals surface area contributed by atoms with Crippen LogP contribution in [0.2, 0.25) is 0 Å². The third-order valence-electron chi connectivity index (χ3n) is 10.8. The molecule has 344 valence electrons. The zero-order valence-electron chi connectivity index (χ0n) is 34.8. The number of hydrogen-bond acceptors (Lipinski definition) is 8. The predicted molar refractivity (Wildman–Crippen MR) is 249 cm³/mol. The number of fused-ring (bicyclic) bond motifs is 2. The van der Waals surface area contributed by atoms with Gasteiger partial charge in [-0.25, -0.2) is 0 Å². The third-order valence-corrected chi connectivity index (χ3v) is 13.7. The van der Waals surface area contributed by atoms with E-state index in [0.29, 0.717) is 53.6 Å². The van der Waals surface area contributed by atoms with Crippen molar-refractivity contribution >= 4 is 88.7 Å². The molecule has 0 unspecified atom stereocenters. The van der Waals surface area contributed by atoms with Crippen LogP contribution in [-0.2, 0) is 12.4 Å². The minimum absolute atomic E-state index is 0. The molecule has 0 aliphatic heterocycles. The average Bonchev–Trinajstić information content (AvgIpc) is 3.92. The van der Waals surface area contributed by atoms with E-state index < -0.39 is 22.1 Å². The first-order chi connectivity index (χ1) is 30.0. The molecule has 2 aliphatic carbocycles. The number of carbonyl (C=O) groups is 2. The second-order valence-corrected chi connectivity index (χ2v) is 18.3. The Hall–Kier alpha value is -4.55. The normalized spacial score (nSPS) is 18.6. The van der Waals surface area contributed by atoms with Crippen molar-refractivity contribution in [2.24, 2.45) is 5.73 Å². The van der Waals surface area contributed by atoms with Gasteiger partial charge in [0.15, 0.2) is 0 Å². The van der Waals surface area contributed by atoms with Crippen molar-refractivity contribution in [1.82, 2.24) is 10.6 Å². The van der Waals surface area contributed by atoms with Crippen LogP contribution >= 0.6 is 51.0 Å². The molecule has 2 aromatic heterocycles. The van der Waals surface area contributed by atoms with E-state index in [1.165, 1.54) is 12.1 Å². The Bertz CT molecular complexity index is 2470. The third kappa shape index (κ3) is 13.7. The number of halogens is 8. The lowest BCUT2D eigenvalue weighted by atomic mass is 9.90. The van der Waals surface area contributed by atoms with Gasteiger partial charge in [-0.15, -0.1) is 35.1 Å². The molecule has 5 N–H and O–H groups in total. The van der Waals surface area contributed by atoms with Crippen LogP contribution in [-0.4, -0.2) is 50.2 Å². The number of ether oxygens (including phenoxy) is 2. The fraction of sp³-hybridized carbons (Fsp3) is 0.348. The number of nitrogens with one attached hydrogen (secondary N) is 3. The van der Waals surface area contributed by atoms with Gasteiger partial charge in [0.05, 0.1) is 14.2 Å². The van der Waals surface area contributed by atoms with E-state index in [2.05, 4.69) is 31.9 Å². The number of carbonyl (C=O) groups excluding carboxylic acids is 2. The van der Waals surface area contributed by atoms with Crippen molar-refractivity contribution in [1.29, 1.82) is 0 Å². The summed E-state index contributed by atoms with van der Waals surface area (Å²) >= 11 is 4.74. The molecule has 2 fully saturated rings. The smallest absolute Gasteiger partial charge is 0.425 e. The largest absolute Gasteiger partial charge is 0.497 e. The van der Waals surface area contributed by atoms with Crippen molar-refractivity contribution < 1.29 is 45.4 Å². The Balaban J connectivity index is 0.000000198. The number of amides is 2. The molecule has 0 bridgehead atoms. The number of anilines is 1. The van der Waals surface area contributed by atoms with Crippen molar-refractivity contribution in [3.63, 3.8) is 0 Å². The topological polar surface area (TPSA) is 115 Å². The molecule has 4 aromatic carbocycles. The van der Waals surface area contributed by atoms with E-state index in [9.17, 15) is 35.9 Å². The Morgan fingerprint density at radius 1 is 0.641 bits per heavy atom. The zero-order valence-corrected chi connectivity index (χ0v) is 38.8. The van der Waals surface area contributed by atoms with E-state index in [4.69, 9.17) is 15.2 Å². The van der Waals surface area contributed by atoms with Crippen molar-refractivity contribution in [2.75, 3.05) is 19.5 Å². The summed E-state index contributed by atoms with van der Waals surface area (Å²) in [6.45, 7) is 0. The molecule has 8 nitrogen and oxygen atoms in total. The first-order valence-corrected chi connectivity index (χ1v) is 22.7. The summed E-state index contributed by atoms with van der Waals surface area (Å²) in [5.74, 6) is 1.28. The van der Waals surface area contributed by atoms with Crippen LogP contribution in [0.4, 0.5) is 32.0 Å². The second kappa shape index (κ2) is 22.6. The molecule has 2 amide bonds. The minimum Gasteiger partial charge on any atom is -0.497 e. The fourth-order valence-electron chi connectivity index (χ4n) is 7.54. The highest BCUT2D eigenvalue weighted by atomic mass is 79.9. The molecule has 2 aliphatic rings. The number of rotatable bonds is 8. The molecule has 2 heterocycles. The van der Waals surface area contributed by atoms with Gasteiger partial charge in [0.2, 0.25) is 0 Å². The standard InChI is InChI=1S/C23H23F3N2O2S.C14H20N2O2.C9H4BrF3S.ClH/c1-30-17-10-8-14(9-11-17)22(29)28-16-5-2-4-15(12-16)27-19-6-3-7-20-18(19)13-21(31-20)23(24,25)26;1-18-13-7-5-10(6-8-13)14(17)16-12-4-2-3-11(15)9-12;10-6-2-1-3-7-5(6)4-8(14-7)9(11,12)13;/h3,6-11,13,15-16,27H,2,4-5,12H2,1H3,(H,28,29);5-8,11-12H,2-4,9,15H2,1H3,(H,16,17);1-4H;1H/t15-,16+;11-,12+;;/m00../s1. The quantitative estimate of drug-likeness (QED) is 0.113. The maximum absolute atomic E-state index is 13.1. The Morgan fingerprint density at radius 2 is 1.09 bits per heavy atom. The van der Waals surface area contributed by atoms with Crippen LogP contribution in [0.3, 0.4) is 0 Å². The monoisotopic (exact) mass is 1010 g/mol. The van der Waals surface area contributed by atoms with Crippen LogP contribution in [0.15, 0.2) is 102 Å². The highest BCUT2D eigenvalue weighted by molar-refractivity contribution is 9.10. The van der Waals surface area contributed by atoms with Crippen molar-refractivity contribution in [2.45, 2.75) is 87.9 Å². The number of nitrogens with two attached hydrogens (primary N) is 1. The van der Waals surface area contributed by atoms with Gasteiger partial charge in [0.1, 0.15) is 21.3 Å². The van der Waals surface area contributed by atoms with Gasteiger partial charge >= 0.3 is 12.4 Å². The SMILES string of the molecule is COc1ccc(C(=O)N[C@@H]2CCC[C@H](N)C2)cc1.COc1ccc(C(=O)N[C@@H]2CCC[C@H](Nc3cccc4sc(C(F)(F)F)cc34)C2)cc1.Cl.FC(F)(F)c1cc2c(Br)cccc2s1. The van der Waals surface area contributed by atoms with Gasteiger partial charge in [0, 0.05) is 65.6 Å². The highest BCUT2D eigenvalue weighted by Crippen LogP contribution is 2.42. The highest BCUT2D eigenvalue weighted by Gasteiger charge is 2.34. The molecule has 18 heteroatoms. The van der Waals surface area contributed by atoms with Gasteiger partial charge in [-0.05, 0) is 136 Å². The number of benzene rings is 4. The van der Waals surface area contributed by atoms with E-state index in [-0.39, 0.29) is 48.4 Å². The van der Waals surface area contributed by atoms with Crippen LogP contribution in [0.25, 0.3) is 20.2 Å². The molecular formula is C46H48BrClF6N4O4S2. The Morgan fingerprint density at radius 3 is 1.58 bits per heavy atom. The first-order valence-electron chi connectivity index (χ1n) is 20.3. The molecule has 4 atom stereocenters. The van der Waals surface area contributed by atoms with E-state index in [1.807, 2.05) is 6.07 Å². The zero-order chi connectivity index (χ0) is 45.3. The number of alkyl halides is 6. The summed E-state index contributed by atoms with van der Waals surface area (Å²) in [6.07, 6.45) is -1.11. The van der Waals surface area contributed by atoms with Crippen LogP contribution in [0.5, 0.6) is 11.5 Å². The Kier molecular flexibility index (Phi) is 17.8. The summed E-state index contributed by atoms with van der Waals surface area (Å²) in [5.41, 5.74) is 7.84. The lowest BCUT2D eigenvalue weighted by Gasteiger charge is -2.31. The number of hydrogen-bond donors (Lipinski definition) is 4. The predicted octanol–water partition coefficient (Wildman–Crippen LogP) is 12.9. The summed E-state index contributed by atoms with van der Waals surface area (Å²) in [7, 11) is 3.18. The lowest BCUT2D eigenvalue weighted by molar-refractivity contribution is -0.135. The minimum atomic E-state index is -4.34. The molecular weight excluding hydrogens is 966 g/mol. The second-order valence-electron chi connectivity index (χ2n) is 15.3. The fourth-order valence-corrected chi connectivity index (χ4v) is 10.1. The van der Waals surface area contributed by atoms with Gasteiger partial charge in [-0.1, -0.05) is 28.1 Å².